The van der Waals surface area contributed by atoms with Crippen LogP contribution in [0.15, 0.2) is 53.2 Å². The number of nitrogens with zero attached hydrogens (tertiary/aromatic N) is 3. The van der Waals surface area contributed by atoms with Gasteiger partial charge in [0.2, 0.25) is 5.82 Å². The first kappa shape index (κ1) is 21.4. The molecule has 1 saturated carbocycles. The van der Waals surface area contributed by atoms with Crippen molar-refractivity contribution in [3.63, 3.8) is 0 Å². The van der Waals surface area contributed by atoms with E-state index < -0.39 is 5.97 Å². The Morgan fingerprint density at radius 2 is 2.00 bits per heavy atom. The van der Waals surface area contributed by atoms with Gasteiger partial charge in [-0.2, -0.15) is 4.98 Å². The molecule has 2 aromatic carbocycles. The monoisotopic (exact) mass is 443 g/mol. The molecule has 0 saturated heterocycles. The van der Waals surface area contributed by atoms with Gasteiger partial charge in [-0.15, -0.1) is 0 Å². The van der Waals surface area contributed by atoms with Crippen molar-refractivity contribution in [3.8, 4) is 22.8 Å². The third-order valence-electron chi connectivity index (χ3n) is 6.86. The fourth-order valence-electron chi connectivity index (χ4n) is 5.14. The van der Waals surface area contributed by atoms with Crippen LogP contribution in [0.2, 0.25) is 0 Å². The first-order valence-corrected chi connectivity index (χ1v) is 11.9. The molecule has 2 aromatic heterocycles. The van der Waals surface area contributed by atoms with Gasteiger partial charge in [-0.25, -0.2) is 0 Å². The number of hydrogen-bond acceptors (Lipinski definition) is 4. The topological polar surface area (TPSA) is 81.2 Å². The van der Waals surface area contributed by atoms with Crippen molar-refractivity contribution in [3.05, 3.63) is 59.8 Å². The first-order valence-electron chi connectivity index (χ1n) is 11.9. The van der Waals surface area contributed by atoms with Crippen molar-refractivity contribution < 1.29 is 14.4 Å². The standard InChI is InChI=1S/C27H29N3O3/c1-2-18-17-20(11-12-21(18)19-7-4-3-5-8-19)27-28-26(29-33-27)23-9-6-10-24-22(23)13-15-30(24)16-14-25(31)32/h6,9-13,15,17,19H,2-5,7-8,14,16H2,1H3,(H,31,32). The maximum Gasteiger partial charge on any atom is 0.305 e. The predicted octanol–water partition coefficient (Wildman–Crippen LogP) is 6.44. The van der Waals surface area contributed by atoms with E-state index in [2.05, 4.69) is 30.3 Å². The third kappa shape index (κ3) is 4.30. The highest BCUT2D eigenvalue weighted by Gasteiger charge is 2.20. The van der Waals surface area contributed by atoms with Crippen molar-refractivity contribution in [2.75, 3.05) is 0 Å². The van der Waals surface area contributed by atoms with Crippen molar-refractivity contribution in [2.45, 2.75) is 64.3 Å². The van der Waals surface area contributed by atoms with Crippen molar-refractivity contribution in [1.82, 2.24) is 14.7 Å². The van der Waals surface area contributed by atoms with E-state index in [9.17, 15) is 4.79 Å². The van der Waals surface area contributed by atoms with E-state index >= 15 is 0 Å². The molecule has 0 bridgehead atoms. The quantitative estimate of drug-likeness (QED) is 0.355. The lowest BCUT2D eigenvalue weighted by Gasteiger charge is -2.24. The molecule has 0 spiro atoms. The first-order chi connectivity index (χ1) is 16.1. The normalized spacial score (nSPS) is 14.7. The van der Waals surface area contributed by atoms with Crippen LogP contribution in [0.3, 0.4) is 0 Å². The zero-order valence-electron chi connectivity index (χ0n) is 19.0. The van der Waals surface area contributed by atoms with Gasteiger partial charge in [0.05, 0.1) is 6.42 Å². The summed E-state index contributed by atoms with van der Waals surface area (Å²) in [5.74, 6) is 0.929. The summed E-state index contributed by atoms with van der Waals surface area (Å²) < 4.78 is 7.63. The molecule has 33 heavy (non-hydrogen) atoms. The molecule has 0 atom stereocenters. The summed E-state index contributed by atoms with van der Waals surface area (Å²) in [6.07, 6.45) is 9.56. The molecule has 170 valence electrons. The van der Waals surface area contributed by atoms with Crippen LogP contribution in [-0.4, -0.2) is 25.8 Å². The molecule has 0 amide bonds. The third-order valence-corrected chi connectivity index (χ3v) is 6.86. The lowest BCUT2D eigenvalue weighted by molar-refractivity contribution is -0.137. The SMILES string of the molecule is CCc1cc(-c2nc(-c3cccc4c3ccn4CCC(=O)O)no2)ccc1C1CCCCC1. The molecule has 6 nitrogen and oxygen atoms in total. The Balaban J connectivity index is 1.45. The number of rotatable bonds is 7. The molecule has 2 heterocycles. The maximum absolute atomic E-state index is 11.0. The number of hydrogen-bond donors (Lipinski definition) is 1. The molecular formula is C27H29N3O3. The van der Waals surface area contributed by atoms with Crippen LogP contribution < -0.4 is 0 Å². The van der Waals surface area contributed by atoms with E-state index in [0.717, 1.165) is 28.5 Å². The summed E-state index contributed by atoms with van der Waals surface area (Å²) in [4.78, 5) is 15.7. The second-order valence-corrected chi connectivity index (χ2v) is 8.92. The van der Waals surface area contributed by atoms with Crippen LogP contribution in [0.1, 0.15) is 62.5 Å². The average molecular weight is 444 g/mol. The van der Waals surface area contributed by atoms with Gasteiger partial charge in [-0.05, 0) is 60.6 Å². The van der Waals surface area contributed by atoms with E-state index in [4.69, 9.17) is 14.6 Å². The number of aryl methyl sites for hydroxylation is 2. The molecule has 1 aliphatic carbocycles. The molecule has 6 heteroatoms. The van der Waals surface area contributed by atoms with E-state index in [-0.39, 0.29) is 6.42 Å². The van der Waals surface area contributed by atoms with E-state index in [0.29, 0.717) is 24.2 Å². The number of carboxylic acids is 1. The smallest absolute Gasteiger partial charge is 0.305 e. The summed E-state index contributed by atoms with van der Waals surface area (Å²) >= 11 is 0. The number of aliphatic carboxylic acids is 1. The van der Waals surface area contributed by atoms with Gasteiger partial charge in [0, 0.05) is 34.8 Å². The van der Waals surface area contributed by atoms with Gasteiger partial charge in [-0.1, -0.05) is 49.5 Å². The molecule has 1 N–H and O–H groups in total. The Morgan fingerprint density at radius 1 is 1.15 bits per heavy atom. The van der Waals surface area contributed by atoms with Gasteiger partial charge in [0.25, 0.3) is 5.89 Å². The van der Waals surface area contributed by atoms with Gasteiger partial charge >= 0.3 is 5.97 Å². The highest BCUT2D eigenvalue weighted by molar-refractivity contribution is 5.94. The van der Waals surface area contributed by atoms with E-state index in [1.54, 1.807) is 0 Å². The number of aromatic nitrogens is 3. The molecular weight excluding hydrogens is 414 g/mol. The fraction of sp³-hybridized carbons (Fsp3) is 0.370. The van der Waals surface area contributed by atoms with Crippen LogP contribution in [-0.2, 0) is 17.8 Å². The minimum atomic E-state index is -0.809. The Bertz CT molecular complexity index is 1280. The van der Waals surface area contributed by atoms with Gasteiger partial charge in [0.1, 0.15) is 0 Å². The summed E-state index contributed by atoms with van der Waals surface area (Å²) in [5.41, 5.74) is 5.65. The fourth-order valence-corrected chi connectivity index (χ4v) is 5.14. The number of fused-ring (bicyclic) bond motifs is 1. The lowest BCUT2D eigenvalue weighted by atomic mass is 9.81. The Hall–Kier alpha value is -3.41. The second-order valence-electron chi connectivity index (χ2n) is 8.92. The highest BCUT2D eigenvalue weighted by atomic mass is 16.5. The van der Waals surface area contributed by atoms with Crippen molar-refractivity contribution in [1.29, 1.82) is 0 Å². The molecule has 0 unspecified atom stereocenters. The van der Waals surface area contributed by atoms with E-state index in [1.165, 1.54) is 43.2 Å². The van der Waals surface area contributed by atoms with Crippen molar-refractivity contribution >= 4 is 16.9 Å². The largest absolute Gasteiger partial charge is 0.481 e. The Morgan fingerprint density at radius 3 is 2.79 bits per heavy atom. The van der Waals surface area contributed by atoms with Gasteiger partial charge in [-0.3, -0.25) is 4.79 Å². The van der Waals surface area contributed by atoms with E-state index in [1.807, 2.05) is 35.0 Å². The molecule has 1 aliphatic rings. The molecule has 0 radical (unpaired) electrons. The minimum Gasteiger partial charge on any atom is -0.481 e. The minimum absolute atomic E-state index is 0.0803. The Labute approximate surface area is 193 Å². The number of carboxylic acid groups (broad SMARTS) is 1. The predicted molar refractivity (Wildman–Crippen MR) is 128 cm³/mol. The Kier molecular flexibility index (Phi) is 5.99. The molecule has 1 fully saturated rings. The number of benzene rings is 2. The summed E-state index contributed by atoms with van der Waals surface area (Å²) in [7, 11) is 0. The molecule has 4 aromatic rings. The van der Waals surface area contributed by atoms with Crippen LogP contribution in [0.5, 0.6) is 0 Å². The summed E-state index contributed by atoms with van der Waals surface area (Å²) in [6, 6.07) is 14.5. The van der Waals surface area contributed by atoms with Crippen LogP contribution >= 0.6 is 0 Å². The van der Waals surface area contributed by atoms with Crippen LogP contribution in [0.25, 0.3) is 33.7 Å². The highest BCUT2D eigenvalue weighted by Crippen LogP contribution is 2.36. The number of carbonyl (C=O) groups is 1. The van der Waals surface area contributed by atoms with Gasteiger partial charge < -0.3 is 14.2 Å². The molecule has 0 aliphatic heterocycles. The molecule has 5 rings (SSSR count). The maximum atomic E-state index is 11.0. The lowest BCUT2D eigenvalue weighted by Crippen LogP contribution is -2.07. The zero-order chi connectivity index (χ0) is 22.8. The summed E-state index contributed by atoms with van der Waals surface area (Å²) in [5, 5.41) is 14.3. The zero-order valence-corrected chi connectivity index (χ0v) is 19.0. The van der Waals surface area contributed by atoms with Gasteiger partial charge in [0.15, 0.2) is 0 Å². The van der Waals surface area contributed by atoms with Crippen molar-refractivity contribution in [2.24, 2.45) is 0 Å². The summed E-state index contributed by atoms with van der Waals surface area (Å²) in [6.45, 7) is 2.63. The van der Waals surface area contributed by atoms with Crippen LogP contribution in [0.4, 0.5) is 0 Å². The average Bonchev–Trinajstić information content (AvgIpc) is 3.50. The second kappa shape index (κ2) is 9.22. The van der Waals surface area contributed by atoms with Crippen LogP contribution in [0, 0.1) is 0 Å².